The first-order chi connectivity index (χ1) is 8.48. The second kappa shape index (κ2) is 5.01. The van der Waals surface area contributed by atoms with Crippen LogP contribution in [0.15, 0.2) is 4.42 Å². The van der Waals surface area contributed by atoms with Gasteiger partial charge in [-0.05, 0) is 19.8 Å². The van der Waals surface area contributed by atoms with Gasteiger partial charge in [-0.2, -0.15) is 0 Å². The second-order valence-corrected chi connectivity index (χ2v) is 7.89. The van der Waals surface area contributed by atoms with E-state index in [1.54, 1.807) is 13.8 Å². The second-order valence-electron chi connectivity index (χ2n) is 5.33. The van der Waals surface area contributed by atoms with Gasteiger partial charge in [0.15, 0.2) is 9.84 Å². The highest BCUT2D eigenvalue weighted by Gasteiger charge is 2.39. The first kappa shape index (κ1) is 15.8. The van der Waals surface area contributed by atoms with Gasteiger partial charge in [-0.3, -0.25) is 4.79 Å². The number of aromatic nitrogens is 2. The molecule has 0 aliphatic rings. The minimum atomic E-state index is -3.44. The van der Waals surface area contributed by atoms with Crippen LogP contribution in [-0.2, 0) is 14.6 Å². The maximum absolute atomic E-state index is 11.9. The zero-order valence-corrected chi connectivity index (χ0v) is 12.5. The van der Waals surface area contributed by atoms with Crippen LogP contribution in [0.3, 0.4) is 0 Å². The molecule has 2 N–H and O–H groups in total. The topological polar surface area (TPSA) is 116 Å². The summed E-state index contributed by atoms with van der Waals surface area (Å²) in [6, 6.07) is -0.755. The lowest BCUT2D eigenvalue weighted by molar-refractivity contribution is 0.0903. The molecule has 1 unspecified atom stereocenters. The van der Waals surface area contributed by atoms with Crippen LogP contribution >= 0.6 is 0 Å². The molecule has 0 aromatic carbocycles. The fourth-order valence-electron chi connectivity index (χ4n) is 1.17. The fraction of sp³-hybridized carbons (Fsp3) is 0.727. The van der Waals surface area contributed by atoms with Gasteiger partial charge in [0.1, 0.15) is 4.75 Å². The van der Waals surface area contributed by atoms with E-state index in [0.717, 1.165) is 6.26 Å². The number of hydrogen-bond acceptors (Lipinski definition) is 7. The van der Waals surface area contributed by atoms with Gasteiger partial charge in [0.2, 0.25) is 11.7 Å². The number of nitrogens with zero attached hydrogens (tertiary/aromatic N) is 2. The highest BCUT2D eigenvalue weighted by Crippen LogP contribution is 2.27. The molecule has 0 spiro atoms. The van der Waals surface area contributed by atoms with Crippen LogP contribution in [0.1, 0.15) is 44.3 Å². The van der Waals surface area contributed by atoms with Crippen LogP contribution < -0.4 is 5.73 Å². The van der Waals surface area contributed by atoms with Crippen LogP contribution in [-0.4, -0.2) is 36.7 Å². The Hall–Kier alpha value is -1.28. The number of sulfone groups is 1. The Morgan fingerprint density at radius 3 is 2.26 bits per heavy atom. The van der Waals surface area contributed by atoms with E-state index in [1.807, 2.05) is 0 Å². The van der Waals surface area contributed by atoms with E-state index in [1.165, 1.54) is 13.8 Å². The lowest BCUT2D eigenvalue weighted by Crippen LogP contribution is -2.35. The summed E-state index contributed by atoms with van der Waals surface area (Å²) in [5.74, 6) is -0.939. The Morgan fingerprint density at radius 2 is 1.84 bits per heavy atom. The highest BCUT2D eigenvalue weighted by atomic mass is 32.2. The Bertz CT molecular complexity index is 575. The molecule has 1 aromatic heterocycles. The summed E-state index contributed by atoms with van der Waals surface area (Å²) in [4.78, 5) is 11.9. The summed E-state index contributed by atoms with van der Waals surface area (Å²) < 4.78 is 27.1. The van der Waals surface area contributed by atoms with Gasteiger partial charge < -0.3 is 10.2 Å². The van der Waals surface area contributed by atoms with Crippen LogP contribution in [0, 0.1) is 5.92 Å². The lowest BCUT2D eigenvalue weighted by Gasteiger charge is -2.17. The number of nitrogens with two attached hydrogens (primary N) is 1. The Morgan fingerprint density at radius 1 is 1.32 bits per heavy atom. The fourth-order valence-corrected chi connectivity index (χ4v) is 1.57. The predicted octanol–water partition coefficient (Wildman–Crippen LogP) is 0.515. The molecule has 1 rings (SSSR count). The van der Waals surface area contributed by atoms with E-state index in [-0.39, 0.29) is 17.7 Å². The van der Waals surface area contributed by atoms with Crippen molar-refractivity contribution in [3.05, 3.63) is 11.8 Å². The van der Waals surface area contributed by atoms with Gasteiger partial charge in [-0.1, -0.05) is 13.8 Å². The molecule has 1 aromatic rings. The van der Waals surface area contributed by atoms with Gasteiger partial charge >= 0.3 is 0 Å². The van der Waals surface area contributed by atoms with Crippen LogP contribution in [0.25, 0.3) is 0 Å². The molecule has 0 aliphatic heterocycles. The molecule has 0 saturated heterocycles. The third-order valence-electron chi connectivity index (χ3n) is 3.10. The van der Waals surface area contributed by atoms with Crippen molar-refractivity contribution in [1.82, 2.24) is 10.2 Å². The van der Waals surface area contributed by atoms with E-state index < -0.39 is 26.4 Å². The standard InChI is InChI=1S/C11H19N3O4S/c1-6(2)7(12)8(15)9-13-14-10(18-9)11(3,4)19(5,16)17/h6-7H,12H2,1-5H3. The van der Waals surface area contributed by atoms with Crippen molar-refractivity contribution in [3.8, 4) is 0 Å². The van der Waals surface area contributed by atoms with Gasteiger partial charge in [0, 0.05) is 6.26 Å². The van der Waals surface area contributed by atoms with Crippen molar-refractivity contribution in [2.45, 2.75) is 38.5 Å². The van der Waals surface area contributed by atoms with Crippen molar-refractivity contribution >= 4 is 15.6 Å². The molecule has 8 heteroatoms. The first-order valence-electron chi connectivity index (χ1n) is 5.82. The maximum Gasteiger partial charge on any atom is 0.285 e. The first-order valence-corrected chi connectivity index (χ1v) is 7.71. The highest BCUT2D eigenvalue weighted by molar-refractivity contribution is 7.91. The molecule has 7 nitrogen and oxygen atoms in total. The molecule has 1 heterocycles. The van der Waals surface area contributed by atoms with Gasteiger partial charge in [0.05, 0.1) is 6.04 Å². The van der Waals surface area contributed by atoms with Crippen molar-refractivity contribution in [1.29, 1.82) is 0 Å². The summed E-state index contributed by atoms with van der Waals surface area (Å²) in [5, 5.41) is 7.23. The number of carbonyl (C=O) groups excluding carboxylic acids is 1. The summed E-state index contributed by atoms with van der Waals surface area (Å²) in [6.07, 6.45) is 1.07. The zero-order valence-electron chi connectivity index (χ0n) is 11.7. The van der Waals surface area contributed by atoms with Crippen molar-refractivity contribution in [2.24, 2.45) is 11.7 Å². The lowest BCUT2D eigenvalue weighted by atomic mass is 10.0. The third-order valence-corrected chi connectivity index (χ3v) is 5.13. The molecule has 19 heavy (non-hydrogen) atoms. The summed E-state index contributed by atoms with van der Waals surface area (Å²) in [5.41, 5.74) is 5.70. The molecule has 0 bridgehead atoms. The van der Waals surface area contributed by atoms with E-state index >= 15 is 0 Å². The quantitative estimate of drug-likeness (QED) is 0.785. The zero-order chi connectivity index (χ0) is 15.0. The number of rotatable bonds is 5. The summed E-state index contributed by atoms with van der Waals surface area (Å²) in [7, 11) is -3.44. The number of hydrogen-bond donors (Lipinski definition) is 1. The minimum absolute atomic E-state index is 0.0780. The minimum Gasteiger partial charge on any atom is -0.417 e. The normalized spacial score (nSPS) is 14.7. The van der Waals surface area contributed by atoms with Gasteiger partial charge in [-0.25, -0.2) is 8.42 Å². The number of carbonyl (C=O) groups is 1. The monoisotopic (exact) mass is 289 g/mol. The molecule has 108 valence electrons. The molecule has 0 saturated carbocycles. The van der Waals surface area contributed by atoms with Crippen molar-refractivity contribution in [3.63, 3.8) is 0 Å². The van der Waals surface area contributed by atoms with E-state index in [9.17, 15) is 13.2 Å². The molecule has 1 atom stereocenters. The SMILES string of the molecule is CC(C)C(N)C(=O)c1nnc(C(C)(C)S(C)(=O)=O)o1. The molecule has 0 fully saturated rings. The number of Topliss-reactive ketones (excluding diaryl/α,β-unsaturated/α-hetero) is 1. The molecular weight excluding hydrogens is 270 g/mol. The molecule has 0 radical (unpaired) electrons. The third kappa shape index (κ3) is 3.01. The summed E-state index contributed by atoms with van der Waals surface area (Å²) >= 11 is 0. The largest absolute Gasteiger partial charge is 0.417 e. The van der Waals surface area contributed by atoms with Crippen molar-refractivity contribution in [2.75, 3.05) is 6.26 Å². The van der Waals surface area contributed by atoms with Crippen molar-refractivity contribution < 1.29 is 17.6 Å². The Labute approximate surface area is 112 Å². The van der Waals surface area contributed by atoms with E-state index in [0.29, 0.717) is 0 Å². The molecule has 0 aliphatic carbocycles. The van der Waals surface area contributed by atoms with Gasteiger partial charge in [-0.15, -0.1) is 10.2 Å². The van der Waals surface area contributed by atoms with Crippen LogP contribution in [0.5, 0.6) is 0 Å². The number of ketones is 1. The Kier molecular flexibility index (Phi) is 4.16. The molecular formula is C11H19N3O4S. The van der Waals surface area contributed by atoms with E-state index in [4.69, 9.17) is 10.2 Å². The van der Waals surface area contributed by atoms with Gasteiger partial charge in [0.25, 0.3) is 5.89 Å². The molecule has 0 amide bonds. The van der Waals surface area contributed by atoms with Crippen LogP contribution in [0.2, 0.25) is 0 Å². The Balaban J connectivity index is 3.12. The predicted molar refractivity (Wildman–Crippen MR) is 69.3 cm³/mol. The average Bonchev–Trinajstić information content (AvgIpc) is 2.74. The van der Waals surface area contributed by atoms with E-state index in [2.05, 4.69) is 10.2 Å². The average molecular weight is 289 g/mol. The van der Waals surface area contributed by atoms with Crippen LogP contribution in [0.4, 0.5) is 0 Å². The maximum atomic E-state index is 11.9. The smallest absolute Gasteiger partial charge is 0.285 e. The summed E-state index contributed by atoms with van der Waals surface area (Å²) in [6.45, 7) is 6.46.